The van der Waals surface area contributed by atoms with E-state index in [1.807, 2.05) is 0 Å². The van der Waals surface area contributed by atoms with Gasteiger partial charge in [-0.3, -0.25) is 0 Å². The highest BCUT2D eigenvalue weighted by Crippen LogP contribution is 2.27. The maximum atomic E-state index is 13.5. The number of thiocarbonyl (C=S) groups is 1. The van der Waals surface area contributed by atoms with Crippen LogP contribution in [-0.2, 0) is 6.54 Å². The van der Waals surface area contributed by atoms with Crippen molar-refractivity contribution >= 4 is 33.9 Å². The number of rotatable bonds is 3. The maximum Gasteiger partial charge on any atom is 0.161 e. The quantitative estimate of drug-likeness (QED) is 0.575. The van der Waals surface area contributed by atoms with Crippen molar-refractivity contribution in [2.75, 3.05) is 5.73 Å². The number of nitrogens with two attached hydrogens (primary N) is 2. The number of hydrogen-bond acceptors (Lipinski definition) is 3. The molecule has 2 aromatic carbocycles. The number of nitrogen functional groups attached to an aromatic ring is 1. The van der Waals surface area contributed by atoms with E-state index in [1.165, 1.54) is 0 Å². The number of halogens is 2. The first kappa shape index (κ1) is 14.4. The molecule has 7 heteroatoms. The number of aromatic nitrogens is 2. The molecule has 0 atom stereocenters. The van der Waals surface area contributed by atoms with Crippen molar-refractivity contribution in [2.24, 2.45) is 5.73 Å². The van der Waals surface area contributed by atoms with Crippen molar-refractivity contribution in [3.05, 3.63) is 48.0 Å². The van der Waals surface area contributed by atoms with Crippen LogP contribution in [0.2, 0.25) is 0 Å². The van der Waals surface area contributed by atoms with Crippen molar-refractivity contribution < 1.29 is 8.78 Å². The third kappa shape index (κ3) is 2.50. The topological polar surface area (TPSA) is 69.9 Å². The lowest BCUT2D eigenvalue weighted by Crippen LogP contribution is -2.17. The highest BCUT2D eigenvalue weighted by Gasteiger charge is 2.16. The summed E-state index contributed by atoms with van der Waals surface area (Å²) in [6.07, 6.45) is 0. The second-order valence-corrected chi connectivity index (χ2v) is 5.39. The predicted molar refractivity (Wildman–Crippen MR) is 86.3 cm³/mol. The van der Waals surface area contributed by atoms with Crippen LogP contribution in [0.1, 0.15) is 0 Å². The van der Waals surface area contributed by atoms with Crippen LogP contribution in [0.3, 0.4) is 0 Å². The summed E-state index contributed by atoms with van der Waals surface area (Å²) in [6, 6.07) is 9.15. The summed E-state index contributed by atoms with van der Waals surface area (Å²) >= 11 is 4.94. The molecule has 0 aliphatic rings. The van der Waals surface area contributed by atoms with Gasteiger partial charge in [-0.2, -0.15) is 0 Å². The second-order valence-electron chi connectivity index (χ2n) is 4.86. The van der Waals surface area contributed by atoms with Gasteiger partial charge in [0.2, 0.25) is 0 Å². The molecule has 0 amide bonds. The SMILES string of the molecule is NC(=S)Cn1c(-c2ccc(N)cc2)nc2cc(F)c(F)cc21. The van der Waals surface area contributed by atoms with Crippen LogP contribution in [0.5, 0.6) is 0 Å². The molecule has 22 heavy (non-hydrogen) atoms. The molecule has 0 saturated heterocycles. The van der Waals surface area contributed by atoms with Gasteiger partial charge < -0.3 is 16.0 Å². The molecule has 3 rings (SSSR count). The van der Waals surface area contributed by atoms with Gasteiger partial charge in [0, 0.05) is 23.4 Å². The Hall–Kier alpha value is -2.54. The largest absolute Gasteiger partial charge is 0.399 e. The van der Waals surface area contributed by atoms with Crippen molar-refractivity contribution in [1.82, 2.24) is 9.55 Å². The summed E-state index contributed by atoms with van der Waals surface area (Å²) in [5.41, 5.74) is 13.4. The Balaban J connectivity index is 2.28. The van der Waals surface area contributed by atoms with E-state index >= 15 is 0 Å². The van der Waals surface area contributed by atoms with E-state index in [9.17, 15) is 8.78 Å². The smallest absolute Gasteiger partial charge is 0.161 e. The van der Waals surface area contributed by atoms with Gasteiger partial charge in [-0.25, -0.2) is 13.8 Å². The van der Waals surface area contributed by atoms with Crippen LogP contribution >= 0.6 is 12.2 Å². The zero-order valence-corrected chi connectivity index (χ0v) is 12.2. The molecule has 1 aromatic heterocycles. The average molecular weight is 318 g/mol. The molecule has 0 saturated carbocycles. The van der Waals surface area contributed by atoms with Crippen LogP contribution < -0.4 is 11.5 Å². The Morgan fingerprint density at radius 3 is 2.41 bits per heavy atom. The normalized spacial score (nSPS) is 11.0. The van der Waals surface area contributed by atoms with Gasteiger partial charge in [-0.1, -0.05) is 12.2 Å². The molecule has 0 aliphatic heterocycles. The molecule has 4 nitrogen and oxygen atoms in total. The van der Waals surface area contributed by atoms with Crippen molar-refractivity contribution in [2.45, 2.75) is 6.54 Å². The first-order valence-corrected chi connectivity index (χ1v) is 6.86. The molecule has 0 unspecified atom stereocenters. The van der Waals surface area contributed by atoms with Gasteiger partial charge in [0.25, 0.3) is 0 Å². The van der Waals surface area contributed by atoms with E-state index in [0.29, 0.717) is 22.5 Å². The highest BCUT2D eigenvalue weighted by atomic mass is 32.1. The number of fused-ring (bicyclic) bond motifs is 1. The van der Waals surface area contributed by atoms with Gasteiger partial charge in [-0.05, 0) is 24.3 Å². The van der Waals surface area contributed by atoms with Crippen LogP contribution in [0.25, 0.3) is 22.4 Å². The minimum Gasteiger partial charge on any atom is -0.399 e. The van der Waals surface area contributed by atoms with E-state index in [-0.39, 0.29) is 11.5 Å². The van der Waals surface area contributed by atoms with Crippen LogP contribution in [0, 0.1) is 11.6 Å². The Labute approximate surface area is 130 Å². The van der Waals surface area contributed by atoms with Crippen LogP contribution in [0.4, 0.5) is 14.5 Å². The summed E-state index contributed by atoms with van der Waals surface area (Å²) in [5, 5.41) is 0. The molecule has 0 radical (unpaired) electrons. The lowest BCUT2D eigenvalue weighted by molar-refractivity contribution is 0.510. The fourth-order valence-electron chi connectivity index (χ4n) is 2.29. The van der Waals surface area contributed by atoms with E-state index in [4.69, 9.17) is 23.7 Å². The summed E-state index contributed by atoms with van der Waals surface area (Å²) in [5.74, 6) is -1.37. The van der Waals surface area contributed by atoms with Gasteiger partial charge in [0.15, 0.2) is 11.6 Å². The van der Waals surface area contributed by atoms with E-state index in [1.54, 1.807) is 28.8 Å². The van der Waals surface area contributed by atoms with E-state index in [0.717, 1.165) is 17.7 Å². The molecule has 0 aliphatic carbocycles. The minimum absolute atomic E-state index is 0.177. The molecule has 4 N–H and O–H groups in total. The summed E-state index contributed by atoms with van der Waals surface area (Å²) < 4.78 is 28.6. The van der Waals surface area contributed by atoms with Crippen LogP contribution in [0.15, 0.2) is 36.4 Å². The van der Waals surface area contributed by atoms with Crippen molar-refractivity contribution in [3.8, 4) is 11.4 Å². The molecule has 0 spiro atoms. The van der Waals surface area contributed by atoms with Gasteiger partial charge in [0.1, 0.15) is 5.82 Å². The Bertz CT molecular complexity index is 871. The molecule has 112 valence electrons. The first-order chi connectivity index (χ1) is 10.5. The fourth-order valence-corrected chi connectivity index (χ4v) is 2.42. The van der Waals surface area contributed by atoms with E-state index in [2.05, 4.69) is 4.98 Å². The zero-order chi connectivity index (χ0) is 15.9. The monoisotopic (exact) mass is 318 g/mol. The van der Waals surface area contributed by atoms with E-state index < -0.39 is 11.6 Å². The highest BCUT2D eigenvalue weighted by molar-refractivity contribution is 7.80. The van der Waals surface area contributed by atoms with Gasteiger partial charge >= 0.3 is 0 Å². The fraction of sp³-hybridized carbons (Fsp3) is 0.0667. The standard InChI is InChI=1S/C15H12F2N4S/c16-10-5-12-13(6-11(10)17)21(7-14(19)22)15(20-12)8-1-3-9(18)4-2-8/h1-6H,7,18H2,(H2,19,22). The second kappa shape index (κ2) is 5.34. The van der Waals surface area contributed by atoms with Gasteiger partial charge in [-0.15, -0.1) is 0 Å². The lowest BCUT2D eigenvalue weighted by Gasteiger charge is -2.08. The molecule has 1 heterocycles. The van der Waals surface area contributed by atoms with Crippen molar-refractivity contribution in [1.29, 1.82) is 0 Å². The van der Waals surface area contributed by atoms with Gasteiger partial charge in [0.05, 0.1) is 22.6 Å². The number of hydrogen-bond donors (Lipinski definition) is 2. The number of benzene rings is 2. The molecule has 0 bridgehead atoms. The van der Waals surface area contributed by atoms with Crippen molar-refractivity contribution in [3.63, 3.8) is 0 Å². The maximum absolute atomic E-state index is 13.5. The Morgan fingerprint density at radius 1 is 1.14 bits per heavy atom. The number of nitrogens with zero attached hydrogens (tertiary/aromatic N) is 2. The molecule has 3 aromatic rings. The Morgan fingerprint density at radius 2 is 1.77 bits per heavy atom. The first-order valence-electron chi connectivity index (χ1n) is 6.45. The minimum atomic E-state index is -0.948. The summed E-state index contributed by atoms with van der Waals surface area (Å²) in [6.45, 7) is 0.177. The number of imidazole rings is 1. The average Bonchev–Trinajstić information content (AvgIpc) is 2.78. The molecular weight excluding hydrogens is 306 g/mol. The molecule has 0 fully saturated rings. The summed E-state index contributed by atoms with van der Waals surface area (Å²) in [4.78, 5) is 4.59. The predicted octanol–water partition coefficient (Wildman–Crippen LogP) is 2.85. The zero-order valence-electron chi connectivity index (χ0n) is 11.4. The lowest BCUT2D eigenvalue weighted by atomic mass is 10.2. The number of anilines is 1. The summed E-state index contributed by atoms with van der Waals surface area (Å²) in [7, 11) is 0. The Kier molecular flexibility index (Phi) is 3.50. The van der Waals surface area contributed by atoms with Crippen LogP contribution in [-0.4, -0.2) is 14.5 Å². The third-order valence-corrected chi connectivity index (χ3v) is 3.40. The third-order valence-electron chi connectivity index (χ3n) is 3.27. The molecular formula is C15H12F2N4S.